The van der Waals surface area contributed by atoms with Gasteiger partial charge >= 0.3 is 0 Å². The fourth-order valence-electron chi connectivity index (χ4n) is 4.38. The highest BCUT2D eigenvalue weighted by atomic mass is 32.2. The quantitative estimate of drug-likeness (QED) is 0.539. The monoisotopic (exact) mass is 431 g/mol. The maximum absolute atomic E-state index is 12.9. The summed E-state index contributed by atoms with van der Waals surface area (Å²) in [5, 5.41) is 0.702. The van der Waals surface area contributed by atoms with Crippen LogP contribution in [0.2, 0.25) is 0 Å². The molecule has 31 heavy (non-hydrogen) atoms. The zero-order chi connectivity index (χ0) is 22.3. The lowest BCUT2D eigenvalue weighted by atomic mass is 9.87. The van der Waals surface area contributed by atoms with Crippen molar-refractivity contribution in [1.29, 1.82) is 0 Å². The van der Waals surface area contributed by atoms with Crippen LogP contribution < -0.4 is 4.90 Å². The Balaban J connectivity index is 1.72. The van der Waals surface area contributed by atoms with Crippen molar-refractivity contribution in [3.8, 4) is 0 Å². The van der Waals surface area contributed by atoms with Gasteiger partial charge in [0.05, 0.1) is 16.1 Å². The first-order valence-electron chi connectivity index (χ1n) is 10.6. The maximum atomic E-state index is 12.9. The molecule has 1 saturated heterocycles. The normalized spacial score (nSPS) is 20.5. The Morgan fingerprint density at radius 2 is 1.84 bits per heavy atom. The van der Waals surface area contributed by atoms with E-state index in [-0.39, 0.29) is 11.4 Å². The minimum atomic E-state index is -0.0135. The highest BCUT2D eigenvalue weighted by Crippen LogP contribution is 2.41. The molecule has 0 unspecified atom stereocenters. The summed E-state index contributed by atoms with van der Waals surface area (Å²) in [6.45, 7) is 11.9. The van der Waals surface area contributed by atoms with E-state index in [0.29, 0.717) is 10.1 Å². The lowest BCUT2D eigenvalue weighted by molar-refractivity contribution is -0.121. The zero-order valence-electron chi connectivity index (χ0n) is 19.1. The molecule has 0 radical (unpaired) electrons. The first-order chi connectivity index (χ1) is 14.7. The number of rotatable bonds is 3. The standard InChI is InChI=1S/C26H29N3OS/c1-7-29-22-13-17(2)19(14-21(22)18(3)16-26(29,4)5)15-23-24(30)28(6)25(31-23)27-20-11-9-8-10-12-20/h8-16H,7H2,1-6H3/b23-15-,27-25?. The Morgan fingerprint density at radius 3 is 2.52 bits per heavy atom. The molecule has 2 aliphatic heterocycles. The second-order valence-corrected chi connectivity index (χ2v) is 9.67. The Labute approximate surface area is 189 Å². The number of aryl methyl sites for hydroxylation is 1. The summed E-state index contributed by atoms with van der Waals surface area (Å²) >= 11 is 1.43. The van der Waals surface area contributed by atoms with Crippen molar-refractivity contribution < 1.29 is 4.79 Å². The molecule has 1 amide bonds. The summed E-state index contributed by atoms with van der Waals surface area (Å²) in [5.74, 6) is -0.0135. The van der Waals surface area contributed by atoms with E-state index < -0.39 is 0 Å². The lowest BCUT2D eigenvalue weighted by Crippen LogP contribution is -2.44. The lowest BCUT2D eigenvalue weighted by Gasteiger charge is -2.43. The van der Waals surface area contributed by atoms with Gasteiger partial charge in [-0.2, -0.15) is 0 Å². The second-order valence-electron chi connectivity index (χ2n) is 8.66. The zero-order valence-corrected chi connectivity index (χ0v) is 19.9. The number of hydrogen-bond acceptors (Lipinski definition) is 4. The van der Waals surface area contributed by atoms with Gasteiger partial charge < -0.3 is 4.90 Å². The highest BCUT2D eigenvalue weighted by Gasteiger charge is 2.32. The van der Waals surface area contributed by atoms with Crippen molar-refractivity contribution in [3.05, 3.63) is 70.1 Å². The van der Waals surface area contributed by atoms with Crippen molar-refractivity contribution in [2.45, 2.75) is 40.2 Å². The second kappa shape index (κ2) is 8.04. The number of thioether (sulfide) groups is 1. The number of anilines is 1. The average molecular weight is 432 g/mol. The molecule has 5 heteroatoms. The molecule has 0 N–H and O–H groups in total. The van der Waals surface area contributed by atoms with Crippen molar-refractivity contribution in [3.63, 3.8) is 0 Å². The highest BCUT2D eigenvalue weighted by molar-refractivity contribution is 8.18. The molecule has 2 aromatic carbocycles. The van der Waals surface area contributed by atoms with Crippen LogP contribution >= 0.6 is 11.8 Å². The average Bonchev–Trinajstić information content (AvgIpc) is 2.97. The predicted molar refractivity (Wildman–Crippen MR) is 134 cm³/mol. The number of amides is 1. The Kier molecular flexibility index (Phi) is 5.56. The molecule has 0 bridgehead atoms. The molecule has 2 aliphatic rings. The molecule has 1 fully saturated rings. The Hall–Kier alpha value is -2.79. The van der Waals surface area contributed by atoms with Gasteiger partial charge in [-0.05, 0) is 93.4 Å². The van der Waals surface area contributed by atoms with Crippen molar-refractivity contribution in [2.24, 2.45) is 4.99 Å². The number of likely N-dealkylation sites (N-methyl/N-ethyl adjacent to an activating group) is 2. The molecule has 4 nitrogen and oxygen atoms in total. The molecule has 0 spiro atoms. The van der Waals surface area contributed by atoms with Gasteiger partial charge in [-0.25, -0.2) is 4.99 Å². The number of carbonyl (C=O) groups excluding carboxylic acids is 1. The van der Waals surface area contributed by atoms with Crippen LogP contribution in [0.4, 0.5) is 11.4 Å². The number of aliphatic imine (C=N–C) groups is 1. The van der Waals surface area contributed by atoms with Gasteiger partial charge in [0.1, 0.15) is 0 Å². The molecule has 0 saturated carbocycles. The van der Waals surface area contributed by atoms with Crippen LogP contribution in [0.1, 0.15) is 44.4 Å². The van der Waals surface area contributed by atoms with Crippen LogP contribution in [0, 0.1) is 6.92 Å². The summed E-state index contributed by atoms with van der Waals surface area (Å²) < 4.78 is 0. The number of hydrogen-bond donors (Lipinski definition) is 0. The summed E-state index contributed by atoms with van der Waals surface area (Å²) in [7, 11) is 1.78. The van der Waals surface area contributed by atoms with E-state index in [0.717, 1.165) is 17.8 Å². The molecule has 160 valence electrons. The van der Waals surface area contributed by atoms with Gasteiger partial charge in [0, 0.05) is 24.8 Å². The van der Waals surface area contributed by atoms with Crippen LogP contribution in [0.25, 0.3) is 11.6 Å². The third-order valence-electron chi connectivity index (χ3n) is 5.95. The molecule has 0 aliphatic carbocycles. The summed E-state index contributed by atoms with van der Waals surface area (Å²) in [5.41, 5.74) is 6.85. The van der Waals surface area contributed by atoms with E-state index in [9.17, 15) is 4.79 Å². The molecule has 2 aromatic rings. The minimum Gasteiger partial charge on any atom is -0.363 e. The number of carbonyl (C=O) groups is 1. The van der Waals surface area contributed by atoms with Crippen LogP contribution in [-0.2, 0) is 4.79 Å². The van der Waals surface area contributed by atoms with Gasteiger partial charge in [0.15, 0.2) is 5.17 Å². The molecule has 0 atom stereocenters. The fourth-order valence-corrected chi connectivity index (χ4v) is 5.36. The largest absolute Gasteiger partial charge is 0.363 e. The Bertz CT molecular complexity index is 1130. The van der Waals surface area contributed by atoms with E-state index >= 15 is 0 Å². The third kappa shape index (κ3) is 3.94. The first-order valence-corrected chi connectivity index (χ1v) is 11.5. The molecular weight excluding hydrogens is 402 g/mol. The van der Waals surface area contributed by atoms with E-state index in [4.69, 9.17) is 0 Å². The number of allylic oxidation sites excluding steroid dienone is 1. The number of benzene rings is 2. The van der Waals surface area contributed by atoms with Crippen LogP contribution in [0.3, 0.4) is 0 Å². The topological polar surface area (TPSA) is 35.9 Å². The van der Waals surface area contributed by atoms with Gasteiger partial charge in [-0.3, -0.25) is 9.69 Å². The van der Waals surface area contributed by atoms with Crippen LogP contribution in [-0.4, -0.2) is 35.1 Å². The summed E-state index contributed by atoms with van der Waals surface area (Å²) in [4.78, 5) is 22.3. The fraction of sp³-hybridized carbons (Fsp3) is 0.308. The first kappa shape index (κ1) is 21.4. The minimum absolute atomic E-state index is 0.0129. The van der Waals surface area contributed by atoms with E-state index in [2.05, 4.69) is 62.7 Å². The Morgan fingerprint density at radius 1 is 1.13 bits per heavy atom. The van der Waals surface area contributed by atoms with Gasteiger partial charge in [0.25, 0.3) is 5.91 Å². The van der Waals surface area contributed by atoms with Crippen molar-refractivity contribution >= 4 is 45.9 Å². The number of amidine groups is 1. The van der Waals surface area contributed by atoms with E-state index in [1.165, 1.54) is 34.1 Å². The summed E-state index contributed by atoms with van der Waals surface area (Å²) in [6.07, 6.45) is 4.34. The number of fused-ring (bicyclic) bond motifs is 1. The third-order valence-corrected chi connectivity index (χ3v) is 7.01. The number of nitrogens with zero attached hydrogens (tertiary/aromatic N) is 3. The summed E-state index contributed by atoms with van der Waals surface area (Å²) in [6, 6.07) is 14.2. The smallest absolute Gasteiger partial charge is 0.266 e. The molecule has 2 heterocycles. The van der Waals surface area contributed by atoms with Crippen LogP contribution in [0.5, 0.6) is 0 Å². The van der Waals surface area contributed by atoms with E-state index in [1.54, 1.807) is 11.9 Å². The van der Waals surface area contributed by atoms with E-state index in [1.807, 2.05) is 36.4 Å². The van der Waals surface area contributed by atoms with Gasteiger partial charge in [-0.1, -0.05) is 24.3 Å². The number of para-hydroxylation sites is 1. The SMILES string of the molecule is CCN1c2cc(C)c(/C=C3\SC(=Nc4ccccc4)N(C)C3=O)cc2C(C)=CC1(C)C. The van der Waals surface area contributed by atoms with Crippen molar-refractivity contribution in [2.75, 3.05) is 18.5 Å². The molecule has 4 rings (SSSR count). The molecule has 0 aromatic heterocycles. The molecular formula is C26H29N3OS. The maximum Gasteiger partial charge on any atom is 0.266 e. The van der Waals surface area contributed by atoms with Crippen molar-refractivity contribution in [1.82, 2.24) is 4.90 Å². The predicted octanol–water partition coefficient (Wildman–Crippen LogP) is 6.25. The van der Waals surface area contributed by atoms with Gasteiger partial charge in [0.2, 0.25) is 0 Å². The van der Waals surface area contributed by atoms with Crippen LogP contribution in [0.15, 0.2) is 58.4 Å². The van der Waals surface area contributed by atoms with Gasteiger partial charge in [-0.15, -0.1) is 0 Å².